The van der Waals surface area contributed by atoms with Crippen LogP contribution in [-0.4, -0.2) is 13.9 Å². The first-order valence-corrected chi connectivity index (χ1v) is 6.01. The minimum absolute atomic E-state index is 0.269. The molecule has 0 saturated carbocycles. The van der Waals surface area contributed by atoms with Crippen molar-refractivity contribution in [3.63, 3.8) is 0 Å². The summed E-state index contributed by atoms with van der Waals surface area (Å²) in [6.45, 7) is 0.717. The smallest absolute Gasteiger partial charge is 0.231 e. The van der Waals surface area contributed by atoms with Crippen LogP contribution in [0.25, 0.3) is 0 Å². The van der Waals surface area contributed by atoms with Crippen LogP contribution in [0.5, 0.6) is 23.0 Å². The van der Waals surface area contributed by atoms with Gasteiger partial charge in [0, 0.05) is 11.6 Å². The Balaban J connectivity index is 1.72. The van der Waals surface area contributed by atoms with Crippen molar-refractivity contribution in [3.8, 4) is 23.0 Å². The molecule has 0 fully saturated rings. The third-order valence-corrected chi connectivity index (χ3v) is 2.93. The molecule has 0 atom stereocenters. The molecule has 1 heterocycles. The van der Waals surface area contributed by atoms with Crippen molar-refractivity contribution in [1.82, 2.24) is 0 Å². The maximum Gasteiger partial charge on any atom is 0.231 e. The highest BCUT2D eigenvalue weighted by Gasteiger charge is 2.13. The van der Waals surface area contributed by atoms with Crippen LogP contribution in [0.4, 0.5) is 0 Å². The molecule has 0 aromatic heterocycles. The number of para-hydroxylation sites is 1. The lowest BCUT2D eigenvalue weighted by atomic mass is 10.2. The zero-order chi connectivity index (χ0) is 13.1. The van der Waals surface area contributed by atoms with Gasteiger partial charge in [-0.2, -0.15) is 0 Å². The number of rotatable bonds is 4. The summed E-state index contributed by atoms with van der Waals surface area (Å²) in [7, 11) is 1.65. The van der Waals surface area contributed by atoms with Gasteiger partial charge in [0.15, 0.2) is 11.5 Å². The first-order chi connectivity index (χ1) is 9.36. The summed E-state index contributed by atoms with van der Waals surface area (Å²) < 4.78 is 21.6. The van der Waals surface area contributed by atoms with E-state index in [-0.39, 0.29) is 6.79 Å². The Morgan fingerprint density at radius 1 is 1.05 bits per heavy atom. The van der Waals surface area contributed by atoms with Crippen molar-refractivity contribution in [2.24, 2.45) is 0 Å². The zero-order valence-electron chi connectivity index (χ0n) is 10.6. The Hall–Kier alpha value is -2.36. The molecule has 2 aromatic rings. The molecule has 0 saturated heterocycles. The third kappa shape index (κ3) is 2.42. The van der Waals surface area contributed by atoms with E-state index in [1.165, 1.54) is 0 Å². The quantitative estimate of drug-likeness (QED) is 0.844. The molecular formula is C15H14O4. The lowest BCUT2D eigenvalue weighted by Gasteiger charge is -2.10. The fourth-order valence-corrected chi connectivity index (χ4v) is 1.95. The van der Waals surface area contributed by atoms with Crippen molar-refractivity contribution in [2.45, 2.75) is 6.61 Å². The van der Waals surface area contributed by atoms with Crippen LogP contribution in [0.2, 0.25) is 0 Å². The SMILES string of the molecule is COc1ccccc1COc1ccc2c(c1)OCO2. The fraction of sp³-hybridized carbons (Fsp3) is 0.200. The minimum atomic E-state index is 0.269. The van der Waals surface area contributed by atoms with Crippen molar-refractivity contribution in [2.75, 3.05) is 13.9 Å². The highest BCUT2D eigenvalue weighted by Crippen LogP contribution is 2.35. The third-order valence-electron chi connectivity index (χ3n) is 2.93. The van der Waals surface area contributed by atoms with Gasteiger partial charge in [-0.1, -0.05) is 18.2 Å². The van der Waals surface area contributed by atoms with E-state index in [9.17, 15) is 0 Å². The van der Waals surface area contributed by atoms with E-state index >= 15 is 0 Å². The molecule has 0 bridgehead atoms. The highest BCUT2D eigenvalue weighted by molar-refractivity contribution is 5.47. The summed E-state index contributed by atoms with van der Waals surface area (Å²) >= 11 is 0. The van der Waals surface area contributed by atoms with E-state index in [2.05, 4.69) is 0 Å². The Bertz CT molecular complexity index is 580. The molecule has 4 heteroatoms. The number of fused-ring (bicyclic) bond motifs is 1. The van der Waals surface area contributed by atoms with Crippen LogP contribution in [0, 0.1) is 0 Å². The summed E-state index contributed by atoms with van der Waals surface area (Å²) in [5, 5.41) is 0. The molecule has 19 heavy (non-hydrogen) atoms. The highest BCUT2D eigenvalue weighted by atomic mass is 16.7. The monoisotopic (exact) mass is 258 g/mol. The number of hydrogen-bond donors (Lipinski definition) is 0. The molecule has 0 aliphatic carbocycles. The van der Waals surface area contributed by atoms with Gasteiger partial charge in [0.25, 0.3) is 0 Å². The molecule has 0 N–H and O–H groups in total. The number of hydrogen-bond acceptors (Lipinski definition) is 4. The van der Waals surface area contributed by atoms with Crippen LogP contribution >= 0.6 is 0 Å². The zero-order valence-corrected chi connectivity index (χ0v) is 10.6. The van der Waals surface area contributed by atoms with Gasteiger partial charge in [-0.05, 0) is 18.2 Å². The summed E-state index contributed by atoms with van der Waals surface area (Å²) in [6.07, 6.45) is 0. The van der Waals surface area contributed by atoms with Gasteiger partial charge in [-0.15, -0.1) is 0 Å². The van der Waals surface area contributed by atoms with Crippen LogP contribution < -0.4 is 18.9 Å². The molecule has 1 aliphatic rings. The lowest BCUT2D eigenvalue weighted by molar-refractivity contribution is 0.173. The molecule has 0 spiro atoms. The maximum absolute atomic E-state index is 5.74. The van der Waals surface area contributed by atoms with Gasteiger partial charge < -0.3 is 18.9 Å². The van der Waals surface area contributed by atoms with Gasteiger partial charge >= 0.3 is 0 Å². The predicted molar refractivity (Wildman–Crippen MR) is 69.9 cm³/mol. The normalized spacial score (nSPS) is 12.3. The molecule has 4 nitrogen and oxygen atoms in total. The molecule has 0 amide bonds. The van der Waals surface area contributed by atoms with Gasteiger partial charge in [0.2, 0.25) is 6.79 Å². The number of methoxy groups -OCH3 is 1. The van der Waals surface area contributed by atoms with Crippen molar-refractivity contribution in [3.05, 3.63) is 48.0 Å². The van der Waals surface area contributed by atoms with Crippen LogP contribution in [0.1, 0.15) is 5.56 Å². The van der Waals surface area contributed by atoms with Crippen molar-refractivity contribution < 1.29 is 18.9 Å². The van der Waals surface area contributed by atoms with Gasteiger partial charge in [0.05, 0.1) is 7.11 Å². The van der Waals surface area contributed by atoms with E-state index < -0.39 is 0 Å². The van der Waals surface area contributed by atoms with Crippen molar-refractivity contribution in [1.29, 1.82) is 0 Å². The summed E-state index contributed by atoms with van der Waals surface area (Å²) in [5.74, 6) is 3.04. The lowest BCUT2D eigenvalue weighted by Crippen LogP contribution is -1.98. The number of benzene rings is 2. The predicted octanol–water partition coefficient (Wildman–Crippen LogP) is 3.00. The summed E-state index contributed by atoms with van der Waals surface area (Å²) in [6, 6.07) is 13.3. The average Bonchev–Trinajstić information content (AvgIpc) is 2.93. The Kier molecular flexibility index (Phi) is 3.14. The second-order valence-electron chi connectivity index (χ2n) is 4.12. The Morgan fingerprint density at radius 3 is 2.79 bits per heavy atom. The van der Waals surface area contributed by atoms with E-state index in [1.54, 1.807) is 7.11 Å². The molecule has 98 valence electrons. The van der Waals surface area contributed by atoms with Gasteiger partial charge in [-0.3, -0.25) is 0 Å². The van der Waals surface area contributed by atoms with Crippen molar-refractivity contribution >= 4 is 0 Å². The second kappa shape index (κ2) is 5.10. The van der Waals surface area contributed by atoms with Crippen LogP contribution in [0.15, 0.2) is 42.5 Å². The largest absolute Gasteiger partial charge is 0.496 e. The molecule has 0 unspecified atom stereocenters. The van der Waals surface area contributed by atoms with E-state index in [0.717, 1.165) is 28.6 Å². The fourth-order valence-electron chi connectivity index (χ4n) is 1.95. The Labute approximate surface area is 111 Å². The minimum Gasteiger partial charge on any atom is -0.496 e. The van der Waals surface area contributed by atoms with Gasteiger partial charge in [-0.25, -0.2) is 0 Å². The number of ether oxygens (including phenoxy) is 4. The topological polar surface area (TPSA) is 36.9 Å². The second-order valence-corrected chi connectivity index (χ2v) is 4.12. The van der Waals surface area contributed by atoms with Gasteiger partial charge in [0.1, 0.15) is 18.1 Å². The molecule has 2 aromatic carbocycles. The first-order valence-electron chi connectivity index (χ1n) is 6.01. The van der Waals surface area contributed by atoms with E-state index in [4.69, 9.17) is 18.9 Å². The molecular weight excluding hydrogens is 244 g/mol. The van der Waals surface area contributed by atoms with Crippen LogP contribution in [-0.2, 0) is 6.61 Å². The summed E-state index contributed by atoms with van der Waals surface area (Å²) in [5.41, 5.74) is 1.00. The molecule has 1 aliphatic heterocycles. The standard InChI is InChI=1S/C15H14O4/c1-16-13-5-3-2-4-11(13)9-17-12-6-7-14-15(8-12)19-10-18-14/h2-8H,9-10H2,1H3. The summed E-state index contributed by atoms with van der Waals surface area (Å²) in [4.78, 5) is 0. The molecule has 3 rings (SSSR count). The van der Waals surface area contributed by atoms with Crippen LogP contribution in [0.3, 0.4) is 0 Å². The average molecular weight is 258 g/mol. The maximum atomic E-state index is 5.74. The Morgan fingerprint density at radius 2 is 1.89 bits per heavy atom. The van der Waals surface area contributed by atoms with E-state index in [0.29, 0.717) is 6.61 Å². The molecule has 0 radical (unpaired) electrons. The van der Waals surface area contributed by atoms with E-state index in [1.807, 2.05) is 42.5 Å². The first kappa shape index (κ1) is 11.7.